The topological polar surface area (TPSA) is 86.7 Å². The van der Waals surface area contributed by atoms with Crippen LogP contribution in [0, 0.1) is 0 Å². The lowest BCUT2D eigenvalue weighted by Crippen LogP contribution is -2.22. The third-order valence-electron chi connectivity index (χ3n) is 3.00. The van der Waals surface area contributed by atoms with Gasteiger partial charge >= 0.3 is 0 Å². The Hall–Kier alpha value is -2.47. The van der Waals surface area contributed by atoms with Crippen molar-refractivity contribution in [1.29, 1.82) is 0 Å². The van der Waals surface area contributed by atoms with Gasteiger partial charge in [0.15, 0.2) is 17.3 Å². The van der Waals surface area contributed by atoms with Gasteiger partial charge in [0, 0.05) is 12.1 Å². The summed E-state index contributed by atoms with van der Waals surface area (Å²) < 4.78 is 15.9. The van der Waals surface area contributed by atoms with Gasteiger partial charge in [0.25, 0.3) is 5.91 Å². The van der Waals surface area contributed by atoms with E-state index in [4.69, 9.17) is 19.6 Å². The molecule has 0 saturated carbocycles. The van der Waals surface area contributed by atoms with Gasteiger partial charge in [-0.15, -0.1) is 0 Å². The van der Waals surface area contributed by atoms with Gasteiger partial charge < -0.3 is 24.9 Å². The predicted octanol–water partition coefficient (Wildman–Crippen LogP) is 1.40. The fourth-order valence-electron chi connectivity index (χ4n) is 2.00. The monoisotopic (exact) mass is 274 g/mol. The van der Waals surface area contributed by atoms with E-state index in [1.165, 1.54) is 0 Å². The Kier molecular flexibility index (Phi) is 3.30. The molecule has 1 aromatic carbocycles. The van der Waals surface area contributed by atoms with Gasteiger partial charge in [0.05, 0.1) is 6.54 Å². The van der Waals surface area contributed by atoms with Crippen molar-refractivity contribution in [1.82, 2.24) is 5.32 Å². The number of fused-ring (bicyclic) bond motifs is 1. The second kappa shape index (κ2) is 5.26. The number of nitrogens with two attached hydrogens (primary N) is 1. The molecule has 1 aromatic heterocycles. The Morgan fingerprint density at radius 3 is 2.95 bits per heavy atom. The zero-order chi connectivity index (χ0) is 13.9. The smallest absolute Gasteiger partial charge is 0.287 e. The van der Waals surface area contributed by atoms with Crippen molar-refractivity contribution in [3.63, 3.8) is 0 Å². The fraction of sp³-hybridized carbons (Fsp3) is 0.214. The molecule has 0 bridgehead atoms. The van der Waals surface area contributed by atoms with Crippen LogP contribution in [-0.2, 0) is 13.1 Å². The second-order valence-corrected chi connectivity index (χ2v) is 4.30. The summed E-state index contributed by atoms with van der Waals surface area (Å²) >= 11 is 0. The molecule has 0 atom stereocenters. The summed E-state index contributed by atoms with van der Waals surface area (Å²) in [6.07, 6.45) is 0. The van der Waals surface area contributed by atoms with Crippen LogP contribution in [0.1, 0.15) is 21.9 Å². The Labute approximate surface area is 115 Å². The van der Waals surface area contributed by atoms with Crippen LogP contribution in [0.3, 0.4) is 0 Å². The van der Waals surface area contributed by atoms with Crippen molar-refractivity contribution in [3.8, 4) is 11.5 Å². The fourth-order valence-corrected chi connectivity index (χ4v) is 2.00. The minimum Gasteiger partial charge on any atom is -0.455 e. The maximum atomic E-state index is 11.9. The predicted molar refractivity (Wildman–Crippen MR) is 70.3 cm³/mol. The van der Waals surface area contributed by atoms with Gasteiger partial charge in [-0.25, -0.2) is 0 Å². The zero-order valence-electron chi connectivity index (χ0n) is 10.7. The summed E-state index contributed by atoms with van der Waals surface area (Å²) in [5.74, 6) is 1.90. The first-order chi connectivity index (χ1) is 9.78. The number of hydrogen-bond donors (Lipinski definition) is 2. The molecule has 104 valence electrons. The van der Waals surface area contributed by atoms with E-state index in [1.54, 1.807) is 12.1 Å². The van der Waals surface area contributed by atoms with Gasteiger partial charge in [-0.3, -0.25) is 4.79 Å². The highest BCUT2D eigenvalue weighted by Crippen LogP contribution is 2.35. The van der Waals surface area contributed by atoms with Crippen LogP contribution in [0.2, 0.25) is 0 Å². The molecule has 2 heterocycles. The van der Waals surface area contributed by atoms with E-state index in [2.05, 4.69) is 5.32 Å². The molecule has 2 aromatic rings. The number of nitrogens with one attached hydrogen (secondary N) is 1. The molecule has 1 aliphatic rings. The molecule has 20 heavy (non-hydrogen) atoms. The molecular formula is C14H14N2O4. The quantitative estimate of drug-likeness (QED) is 0.880. The van der Waals surface area contributed by atoms with E-state index < -0.39 is 0 Å². The first-order valence-corrected chi connectivity index (χ1v) is 6.22. The number of ether oxygens (including phenoxy) is 2. The summed E-state index contributed by atoms with van der Waals surface area (Å²) in [6, 6.07) is 8.85. The molecule has 6 heteroatoms. The van der Waals surface area contributed by atoms with Crippen molar-refractivity contribution in [2.24, 2.45) is 5.73 Å². The van der Waals surface area contributed by atoms with Crippen LogP contribution in [0.5, 0.6) is 11.5 Å². The van der Waals surface area contributed by atoms with E-state index in [-0.39, 0.29) is 25.0 Å². The molecule has 0 spiro atoms. The van der Waals surface area contributed by atoms with Crippen LogP contribution in [-0.4, -0.2) is 12.7 Å². The largest absolute Gasteiger partial charge is 0.455 e. The van der Waals surface area contributed by atoms with E-state index in [0.29, 0.717) is 23.8 Å². The lowest BCUT2D eigenvalue weighted by atomic mass is 10.2. The van der Waals surface area contributed by atoms with Crippen LogP contribution >= 0.6 is 0 Å². The average Bonchev–Trinajstić information content (AvgIpc) is 3.13. The van der Waals surface area contributed by atoms with E-state index in [0.717, 1.165) is 5.56 Å². The van der Waals surface area contributed by atoms with Gasteiger partial charge in [0.1, 0.15) is 5.76 Å². The highest BCUT2D eigenvalue weighted by atomic mass is 16.7. The molecule has 1 amide bonds. The first kappa shape index (κ1) is 12.6. The van der Waals surface area contributed by atoms with E-state index >= 15 is 0 Å². The first-order valence-electron chi connectivity index (χ1n) is 6.22. The minimum atomic E-state index is -0.291. The zero-order valence-corrected chi connectivity index (χ0v) is 10.7. The Bertz CT molecular complexity index is 636. The van der Waals surface area contributed by atoms with Gasteiger partial charge in [-0.1, -0.05) is 12.1 Å². The van der Waals surface area contributed by atoms with Crippen LogP contribution in [0.15, 0.2) is 34.7 Å². The van der Waals surface area contributed by atoms with Crippen molar-refractivity contribution in [2.75, 3.05) is 6.79 Å². The van der Waals surface area contributed by atoms with Crippen molar-refractivity contribution < 1.29 is 18.7 Å². The number of furan rings is 1. The molecule has 3 N–H and O–H groups in total. The molecule has 1 aliphatic heterocycles. The van der Waals surface area contributed by atoms with Gasteiger partial charge in [0.2, 0.25) is 6.79 Å². The lowest BCUT2D eigenvalue weighted by molar-refractivity contribution is 0.0921. The number of carbonyl (C=O) groups is 1. The average molecular weight is 274 g/mol. The summed E-state index contributed by atoms with van der Waals surface area (Å²) in [6.45, 7) is 0.813. The van der Waals surface area contributed by atoms with Crippen LogP contribution in [0.4, 0.5) is 0 Å². The third kappa shape index (κ3) is 2.33. The van der Waals surface area contributed by atoms with Crippen molar-refractivity contribution in [2.45, 2.75) is 13.1 Å². The number of hydrogen-bond acceptors (Lipinski definition) is 5. The molecule has 0 aliphatic carbocycles. The lowest BCUT2D eigenvalue weighted by Gasteiger charge is -2.06. The number of rotatable bonds is 4. The van der Waals surface area contributed by atoms with Gasteiger partial charge in [-0.05, 0) is 18.2 Å². The standard InChI is InChI=1S/C14H14N2O4/c15-6-10-4-5-12(20-10)14(17)16-7-9-2-1-3-11-13(9)19-8-18-11/h1-5H,6-8,15H2,(H,16,17). The van der Waals surface area contributed by atoms with E-state index in [9.17, 15) is 4.79 Å². The molecule has 0 unspecified atom stereocenters. The van der Waals surface area contributed by atoms with Gasteiger partial charge in [-0.2, -0.15) is 0 Å². The molecule has 0 radical (unpaired) electrons. The highest BCUT2D eigenvalue weighted by molar-refractivity contribution is 5.91. The minimum absolute atomic E-state index is 0.207. The SMILES string of the molecule is NCc1ccc(C(=O)NCc2cccc3c2OCO3)o1. The molecule has 0 saturated heterocycles. The maximum absolute atomic E-state index is 11.9. The van der Waals surface area contributed by atoms with Crippen molar-refractivity contribution in [3.05, 3.63) is 47.4 Å². The second-order valence-electron chi connectivity index (χ2n) is 4.30. The third-order valence-corrected chi connectivity index (χ3v) is 3.00. The number of carbonyl (C=O) groups excluding carboxylic acids is 1. The molecule has 3 rings (SSSR count). The number of benzene rings is 1. The van der Waals surface area contributed by atoms with Crippen LogP contribution < -0.4 is 20.5 Å². The van der Waals surface area contributed by atoms with E-state index in [1.807, 2.05) is 18.2 Å². The molecule has 6 nitrogen and oxygen atoms in total. The number of amides is 1. The van der Waals surface area contributed by atoms with Crippen LogP contribution in [0.25, 0.3) is 0 Å². The Morgan fingerprint density at radius 2 is 2.15 bits per heavy atom. The Balaban J connectivity index is 1.68. The molecule has 0 fully saturated rings. The number of para-hydroxylation sites is 1. The summed E-state index contributed by atoms with van der Waals surface area (Å²) in [5.41, 5.74) is 6.29. The normalized spacial score (nSPS) is 12.4. The van der Waals surface area contributed by atoms with Crippen molar-refractivity contribution >= 4 is 5.91 Å². The highest BCUT2D eigenvalue weighted by Gasteiger charge is 2.18. The molecular weight excluding hydrogens is 260 g/mol. The summed E-state index contributed by atoms with van der Waals surface area (Å²) in [7, 11) is 0. The maximum Gasteiger partial charge on any atom is 0.287 e. The Morgan fingerprint density at radius 1 is 1.25 bits per heavy atom. The summed E-state index contributed by atoms with van der Waals surface area (Å²) in [4.78, 5) is 11.9. The summed E-state index contributed by atoms with van der Waals surface area (Å²) in [5, 5.41) is 2.77.